The van der Waals surface area contributed by atoms with E-state index >= 15 is 0 Å². The molecule has 0 bridgehead atoms. The van der Waals surface area contributed by atoms with E-state index in [1.54, 1.807) is 13.8 Å². The number of amides is 1. The summed E-state index contributed by atoms with van der Waals surface area (Å²) in [5, 5.41) is 11.3. The molecule has 0 aliphatic rings. The van der Waals surface area contributed by atoms with Crippen LogP contribution in [0.2, 0.25) is 0 Å². The minimum Gasteiger partial charge on any atom is -0.481 e. The number of ether oxygens (including phenoxy) is 1. The fraction of sp³-hybridized carbons (Fsp3) is 0.529. The number of aliphatic carboxylic acids is 1. The molecule has 0 aliphatic heterocycles. The van der Waals surface area contributed by atoms with Gasteiger partial charge in [0, 0.05) is 6.04 Å². The molecule has 0 fully saturated rings. The van der Waals surface area contributed by atoms with Crippen LogP contribution in [0, 0.1) is 0 Å². The molecule has 5 heteroatoms. The van der Waals surface area contributed by atoms with E-state index in [1.165, 1.54) is 5.56 Å². The Balaban J connectivity index is 2.59. The van der Waals surface area contributed by atoms with Crippen molar-refractivity contribution in [3.63, 3.8) is 0 Å². The summed E-state index contributed by atoms with van der Waals surface area (Å²) in [5.41, 5.74) is 1.25. The molecule has 0 spiro atoms. The first-order valence-electron chi connectivity index (χ1n) is 7.39. The molecule has 1 aromatic carbocycles. The number of carbonyl (C=O) groups is 2. The normalized spacial score (nSPS) is 14.0. The first-order chi connectivity index (χ1) is 10.1. The second kappa shape index (κ2) is 7.29. The van der Waals surface area contributed by atoms with Crippen LogP contribution in [0.15, 0.2) is 24.3 Å². The monoisotopic (exact) mass is 307 g/mol. The average Bonchev–Trinajstić information content (AvgIpc) is 2.36. The van der Waals surface area contributed by atoms with Crippen LogP contribution in [-0.4, -0.2) is 29.1 Å². The van der Waals surface area contributed by atoms with Crippen molar-refractivity contribution in [2.75, 3.05) is 0 Å². The Morgan fingerprint density at radius 2 is 1.73 bits per heavy atom. The lowest BCUT2D eigenvalue weighted by molar-refractivity contribution is -0.137. The van der Waals surface area contributed by atoms with E-state index in [0.717, 1.165) is 0 Å². The fourth-order valence-electron chi connectivity index (χ4n) is 1.96. The minimum atomic E-state index is -0.945. The first kappa shape index (κ1) is 18.0. The van der Waals surface area contributed by atoms with Crippen LogP contribution in [-0.2, 0) is 15.0 Å². The Labute approximate surface area is 131 Å². The lowest BCUT2D eigenvalue weighted by atomic mass is 9.87. The number of hydrogen-bond donors (Lipinski definition) is 2. The Kier molecular flexibility index (Phi) is 5.97. The van der Waals surface area contributed by atoms with Gasteiger partial charge in [-0.3, -0.25) is 9.59 Å². The average molecular weight is 307 g/mol. The molecule has 0 aromatic heterocycles. The van der Waals surface area contributed by atoms with Crippen molar-refractivity contribution in [2.24, 2.45) is 0 Å². The van der Waals surface area contributed by atoms with E-state index in [1.807, 2.05) is 24.3 Å². The maximum Gasteiger partial charge on any atom is 0.305 e. The van der Waals surface area contributed by atoms with Gasteiger partial charge in [0.15, 0.2) is 6.10 Å². The summed E-state index contributed by atoms with van der Waals surface area (Å²) in [7, 11) is 0. The van der Waals surface area contributed by atoms with Crippen LogP contribution >= 0.6 is 0 Å². The van der Waals surface area contributed by atoms with Crippen molar-refractivity contribution in [1.82, 2.24) is 5.32 Å². The molecule has 1 aromatic rings. The quantitative estimate of drug-likeness (QED) is 0.847. The Bertz CT molecular complexity index is 516. The van der Waals surface area contributed by atoms with Gasteiger partial charge in [-0.15, -0.1) is 0 Å². The molecule has 0 aliphatic carbocycles. The van der Waals surface area contributed by atoms with E-state index in [-0.39, 0.29) is 17.7 Å². The minimum absolute atomic E-state index is 0.0633. The molecule has 0 saturated carbocycles. The van der Waals surface area contributed by atoms with Crippen molar-refractivity contribution in [1.29, 1.82) is 0 Å². The van der Waals surface area contributed by atoms with Gasteiger partial charge in [-0.2, -0.15) is 0 Å². The van der Waals surface area contributed by atoms with Crippen molar-refractivity contribution >= 4 is 11.9 Å². The molecule has 2 N–H and O–H groups in total. The molecule has 22 heavy (non-hydrogen) atoms. The van der Waals surface area contributed by atoms with Gasteiger partial charge >= 0.3 is 5.97 Å². The third kappa shape index (κ3) is 5.76. The number of carbonyl (C=O) groups excluding carboxylic acids is 1. The van der Waals surface area contributed by atoms with Crippen LogP contribution in [0.4, 0.5) is 0 Å². The largest absolute Gasteiger partial charge is 0.481 e. The highest BCUT2D eigenvalue weighted by molar-refractivity contribution is 5.81. The number of carboxylic acids is 1. The number of hydrogen-bond acceptors (Lipinski definition) is 3. The van der Waals surface area contributed by atoms with E-state index in [0.29, 0.717) is 5.75 Å². The molecular formula is C17H25NO4. The van der Waals surface area contributed by atoms with Gasteiger partial charge in [-0.25, -0.2) is 0 Å². The Morgan fingerprint density at radius 1 is 1.18 bits per heavy atom. The smallest absolute Gasteiger partial charge is 0.305 e. The maximum atomic E-state index is 11.9. The predicted octanol–water partition coefficient (Wildman–Crippen LogP) is 2.73. The van der Waals surface area contributed by atoms with E-state index < -0.39 is 18.1 Å². The standard InChI is InChI=1S/C17H25NO4/c1-11(10-15(19)20)18-16(21)12(2)22-14-8-6-13(7-9-14)17(3,4)5/h6-9,11-12H,10H2,1-5H3,(H,18,21)(H,19,20). The second-order valence-corrected chi connectivity index (χ2v) is 6.54. The highest BCUT2D eigenvalue weighted by atomic mass is 16.5. The van der Waals surface area contributed by atoms with Gasteiger partial charge in [-0.05, 0) is 37.0 Å². The molecule has 1 amide bonds. The second-order valence-electron chi connectivity index (χ2n) is 6.54. The molecule has 2 unspecified atom stereocenters. The number of benzene rings is 1. The van der Waals surface area contributed by atoms with E-state index in [4.69, 9.17) is 9.84 Å². The molecular weight excluding hydrogens is 282 g/mol. The summed E-state index contributed by atoms with van der Waals surface area (Å²) in [6.45, 7) is 9.67. The van der Waals surface area contributed by atoms with E-state index in [2.05, 4.69) is 26.1 Å². The van der Waals surface area contributed by atoms with Gasteiger partial charge in [-0.1, -0.05) is 32.9 Å². The van der Waals surface area contributed by atoms with Crippen LogP contribution in [0.3, 0.4) is 0 Å². The third-order valence-corrected chi connectivity index (χ3v) is 3.27. The van der Waals surface area contributed by atoms with Crippen LogP contribution in [0.1, 0.15) is 46.6 Å². The zero-order valence-electron chi connectivity index (χ0n) is 13.8. The van der Waals surface area contributed by atoms with Gasteiger partial charge in [0.1, 0.15) is 5.75 Å². The third-order valence-electron chi connectivity index (χ3n) is 3.27. The first-order valence-corrected chi connectivity index (χ1v) is 7.39. The summed E-state index contributed by atoms with van der Waals surface area (Å²) in [5.74, 6) is -0.658. The Morgan fingerprint density at radius 3 is 2.18 bits per heavy atom. The number of nitrogens with one attached hydrogen (secondary N) is 1. The van der Waals surface area contributed by atoms with Crippen LogP contribution < -0.4 is 10.1 Å². The molecule has 5 nitrogen and oxygen atoms in total. The van der Waals surface area contributed by atoms with E-state index in [9.17, 15) is 9.59 Å². The molecule has 2 atom stereocenters. The molecule has 0 radical (unpaired) electrons. The fourth-order valence-corrected chi connectivity index (χ4v) is 1.96. The number of carboxylic acid groups (broad SMARTS) is 1. The summed E-state index contributed by atoms with van der Waals surface area (Å²) in [6, 6.07) is 7.20. The zero-order valence-corrected chi connectivity index (χ0v) is 13.8. The maximum absolute atomic E-state index is 11.9. The SMILES string of the molecule is CC(CC(=O)O)NC(=O)C(C)Oc1ccc(C(C)(C)C)cc1. The molecule has 1 rings (SSSR count). The van der Waals surface area contributed by atoms with Crippen molar-refractivity contribution in [3.8, 4) is 5.75 Å². The van der Waals surface area contributed by atoms with Crippen molar-refractivity contribution in [3.05, 3.63) is 29.8 Å². The number of rotatable bonds is 6. The van der Waals surface area contributed by atoms with Crippen LogP contribution in [0.25, 0.3) is 0 Å². The summed E-state index contributed by atoms with van der Waals surface area (Å²) in [6.07, 6.45) is -0.796. The topological polar surface area (TPSA) is 75.6 Å². The Hall–Kier alpha value is -2.04. The summed E-state index contributed by atoms with van der Waals surface area (Å²) in [4.78, 5) is 22.5. The molecule has 122 valence electrons. The van der Waals surface area contributed by atoms with Gasteiger partial charge < -0.3 is 15.2 Å². The molecule has 0 saturated heterocycles. The lowest BCUT2D eigenvalue weighted by Gasteiger charge is -2.20. The van der Waals surface area contributed by atoms with Gasteiger partial charge in [0.05, 0.1) is 6.42 Å². The molecule has 0 heterocycles. The van der Waals surface area contributed by atoms with Gasteiger partial charge in [0.2, 0.25) is 0 Å². The zero-order chi connectivity index (χ0) is 16.9. The lowest BCUT2D eigenvalue weighted by Crippen LogP contribution is -2.42. The highest BCUT2D eigenvalue weighted by Gasteiger charge is 2.19. The van der Waals surface area contributed by atoms with Crippen molar-refractivity contribution < 1.29 is 19.4 Å². The summed E-state index contributed by atoms with van der Waals surface area (Å²) >= 11 is 0. The summed E-state index contributed by atoms with van der Waals surface area (Å²) < 4.78 is 5.59. The van der Waals surface area contributed by atoms with Gasteiger partial charge in [0.25, 0.3) is 5.91 Å². The van der Waals surface area contributed by atoms with Crippen molar-refractivity contribution in [2.45, 2.75) is 58.6 Å². The highest BCUT2D eigenvalue weighted by Crippen LogP contribution is 2.24. The predicted molar refractivity (Wildman–Crippen MR) is 85.1 cm³/mol. The van der Waals surface area contributed by atoms with Crippen LogP contribution in [0.5, 0.6) is 5.75 Å².